The fourth-order valence-corrected chi connectivity index (χ4v) is 3.48. The molecule has 0 fully saturated rings. The smallest absolute Gasteiger partial charge is 0.251 e. The van der Waals surface area contributed by atoms with Crippen LogP contribution >= 0.6 is 23.1 Å². The van der Waals surface area contributed by atoms with Crippen molar-refractivity contribution in [3.05, 3.63) is 47.3 Å². The first-order valence-corrected chi connectivity index (χ1v) is 9.51. The van der Waals surface area contributed by atoms with Gasteiger partial charge in [0.05, 0.1) is 9.96 Å². The van der Waals surface area contributed by atoms with E-state index in [2.05, 4.69) is 10.6 Å². The maximum absolute atomic E-state index is 12.0. The van der Waals surface area contributed by atoms with E-state index in [9.17, 15) is 9.59 Å². The minimum atomic E-state index is -0.137. The fraction of sp³-hybridized carbons (Fsp3) is 0.294. The molecule has 4 N–H and O–H groups in total. The summed E-state index contributed by atoms with van der Waals surface area (Å²) in [4.78, 5) is 23.9. The molecule has 0 saturated heterocycles. The van der Waals surface area contributed by atoms with Crippen molar-refractivity contribution < 1.29 is 9.59 Å². The number of benzene rings is 1. The minimum absolute atomic E-state index is 0.0648. The number of rotatable bonds is 8. The number of carbonyl (C=O) groups excluding carboxylic acids is 2. The molecule has 0 bridgehead atoms. The van der Waals surface area contributed by atoms with Crippen LogP contribution in [0.15, 0.2) is 46.0 Å². The summed E-state index contributed by atoms with van der Waals surface area (Å²) in [5.74, 6) is 0.157. The van der Waals surface area contributed by atoms with Crippen molar-refractivity contribution in [1.29, 1.82) is 0 Å². The summed E-state index contributed by atoms with van der Waals surface area (Å²) in [5, 5.41) is 7.63. The Morgan fingerprint density at radius 3 is 2.62 bits per heavy atom. The average molecular weight is 364 g/mol. The Balaban J connectivity index is 1.78. The summed E-state index contributed by atoms with van der Waals surface area (Å²) < 4.78 is 1.11. The number of amides is 2. The van der Waals surface area contributed by atoms with E-state index in [4.69, 9.17) is 5.73 Å². The molecule has 5 nitrogen and oxygen atoms in total. The van der Waals surface area contributed by atoms with Gasteiger partial charge in [-0.15, -0.1) is 23.1 Å². The highest BCUT2D eigenvalue weighted by Gasteiger charge is 2.07. The lowest BCUT2D eigenvalue weighted by Gasteiger charge is -2.08. The molecule has 2 amide bonds. The van der Waals surface area contributed by atoms with Gasteiger partial charge in [0.1, 0.15) is 0 Å². The molecule has 128 valence electrons. The standard InChI is InChI=1S/C17H21N3O2S2/c1-12(18)8-9-19-17(22)13-4-6-14(7-5-13)20-15(21)11-24-16-3-2-10-23-16/h2-7,10,12H,8-9,11,18H2,1H3,(H,19,22)(H,20,21). The third-order valence-corrected chi connectivity index (χ3v) is 5.29. The van der Waals surface area contributed by atoms with E-state index in [1.807, 2.05) is 24.4 Å². The number of thioether (sulfide) groups is 1. The monoisotopic (exact) mass is 363 g/mol. The highest BCUT2D eigenvalue weighted by Crippen LogP contribution is 2.23. The Bertz CT molecular complexity index is 655. The van der Waals surface area contributed by atoms with Gasteiger partial charge in [-0.1, -0.05) is 6.07 Å². The summed E-state index contributed by atoms with van der Waals surface area (Å²) in [6.07, 6.45) is 0.738. The second-order valence-electron chi connectivity index (χ2n) is 5.37. The topological polar surface area (TPSA) is 84.2 Å². The lowest BCUT2D eigenvalue weighted by Crippen LogP contribution is -2.28. The Hall–Kier alpha value is -1.83. The van der Waals surface area contributed by atoms with Gasteiger partial charge in [-0.3, -0.25) is 9.59 Å². The van der Waals surface area contributed by atoms with E-state index in [0.29, 0.717) is 23.5 Å². The van der Waals surface area contributed by atoms with Gasteiger partial charge in [0.2, 0.25) is 5.91 Å². The molecule has 0 saturated carbocycles. The summed E-state index contributed by atoms with van der Waals surface area (Å²) in [6.45, 7) is 2.45. The van der Waals surface area contributed by atoms with E-state index >= 15 is 0 Å². The predicted molar refractivity (Wildman–Crippen MR) is 101 cm³/mol. The van der Waals surface area contributed by atoms with Crippen LogP contribution in [0.1, 0.15) is 23.7 Å². The van der Waals surface area contributed by atoms with Crippen LogP contribution in [0.25, 0.3) is 0 Å². The van der Waals surface area contributed by atoms with Crippen LogP contribution in [0.5, 0.6) is 0 Å². The molecule has 1 aromatic carbocycles. The normalized spacial score (nSPS) is 11.8. The zero-order chi connectivity index (χ0) is 17.4. The molecule has 1 heterocycles. The second-order valence-corrected chi connectivity index (χ2v) is 7.59. The lowest BCUT2D eigenvalue weighted by atomic mass is 10.2. The van der Waals surface area contributed by atoms with Gasteiger partial charge in [0, 0.05) is 23.8 Å². The Morgan fingerprint density at radius 2 is 2.00 bits per heavy atom. The van der Waals surface area contributed by atoms with E-state index in [-0.39, 0.29) is 17.9 Å². The molecule has 0 spiro atoms. The van der Waals surface area contributed by atoms with Gasteiger partial charge in [-0.2, -0.15) is 0 Å². The van der Waals surface area contributed by atoms with Crippen molar-refractivity contribution in [1.82, 2.24) is 5.32 Å². The molecule has 1 unspecified atom stereocenters. The quantitative estimate of drug-likeness (QED) is 0.630. The van der Waals surface area contributed by atoms with Gasteiger partial charge >= 0.3 is 0 Å². The number of hydrogen-bond donors (Lipinski definition) is 3. The van der Waals surface area contributed by atoms with Crippen molar-refractivity contribution in [3.8, 4) is 0 Å². The largest absolute Gasteiger partial charge is 0.352 e. The molecule has 1 atom stereocenters. The van der Waals surface area contributed by atoms with Crippen LogP contribution in [-0.4, -0.2) is 30.2 Å². The molecule has 0 aliphatic carbocycles. The zero-order valence-electron chi connectivity index (χ0n) is 13.5. The van der Waals surface area contributed by atoms with Crippen molar-refractivity contribution >= 4 is 40.6 Å². The molecular formula is C17H21N3O2S2. The van der Waals surface area contributed by atoms with Crippen LogP contribution < -0.4 is 16.4 Å². The third-order valence-electron chi connectivity index (χ3n) is 3.16. The summed E-state index contributed by atoms with van der Waals surface area (Å²) in [6, 6.07) is 10.9. The van der Waals surface area contributed by atoms with Crippen LogP contribution in [0.3, 0.4) is 0 Å². The van der Waals surface area contributed by atoms with Crippen LogP contribution in [-0.2, 0) is 4.79 Å². The summed E-state index contributed by atoms with van der Waals surface area (Å²) in [7, 11) is 0. The maximum atomic E-state index is 12.0. The molecule has 2 aromatic rings. The Kier molecular flexibility index (Phi) is 7.30. The van der Waals surface area contributed by atoms with E-state index in [1.54, 1.807) is 35.6 Å². The van der Waals surface area contributed by atoms with Crippen molar-refractivity contribution in [3.63, 3.8) is 0 Å². The average Bonchev–Trinajstić information content (AvgIpc) is 3.06. The van der Waals surface area contributed by atoms with Crippen molar-refractivity contribution in [2.75, 3.05) is 17.6 Å². The Labute approximate surface area is 150 Å². The first-order valence-electron chi connectivity index (χ1n) is 7.64. The number of nitrogens with one attached hydrogen (secondary N) is 2. The van der Waals surface area contributed by atoms with Crippen LogP contribution in [0, 0.1) is 0 Å². The number of hydrogen-bond acceptors (Lipinski definition) is 5. The van der Waals surface area contributed by atoms with E-state index < -0.39 is 0 Å². The van der Waals surface area contributed by atoms with Crippen molar-refractivity contribution in [2.45, 2.75) is 23.6 Å². The maximum Gasteiger partial charge on any atom is 0.251 e. The molecule has 24 heavy (non-hydrogen) atoms. The number of anilines is 1. The fourth-order valence-electron chi connectivity index (χ4n) is 1.90. The number of nitrogens with two attached hydrogens (primary N) is 1. The van der Waals surface area contributed by atoms with Gasteiger partial charge in [0.15, 0.2) is 0 Å². The van der Waals surface area contributed by atoms with Gasteiger partial charge in [0.25, 0.3) is 5.91 Å². The van der Waals surface area contributed by atoms with Crippen molar-refractivity contribution in [2.24, 2.45) is 5.73 Å². The minimum Gasteiger partial charge on any atom is -0.352 e. The molecule has 0 aliphatic rings. The predicted octanol–water partition coefficient (Wildman–Crippen LogP) is 2.95. The molecule has 7 heteroatoms. The third kappa shape index (κ3) is 6.35. The molecule has 0 aliphatic heterocycles. The number of thiophene rings is 1. The first-order chi connectivity index (χ1) is 11.5. The van der Waals surface area contributed by atoms with Crippen LogP contribution in [0.4, 0.5) is 5.69 Å². The van der Waals surface area contributed by atoms with E-state index in [1.165, 1.54) is 11.8 Å². The number of carbonyl (C=O) groups is 2. The molecular weight excluding hydrogens is 342 g/mol. The van der Waals surface area contributed by atoms with Gasteiger partial charge in [-0.05, 0) is 49.1 Å². The van der Waals surface area contributed by atoms with Crippen LogP contribution in [0.2, 0.25) is 0 Å². The molecule has 2 rings (SSSR count). The molecule has 0 radical (unpaired) electrons. The summed E-state index contributed by atoms with van der Waals surface area (Å²) in [5.41, 5.74) is 6.89. The lowest BCUT2D eigenvalue weighted by molar-refractivity contribution is -0.113. The Morgan fingerprint density at radius 1 is 1.25 bits per heavy atom. The van der Waals surface area contributed by atoms with Gasteiger partial charge < -0.3 is 16.4 Å². The van der Waals surface area contributed by atoms with Gasteiger partial charge in [-0.25, -0.2) is 0 Å². The highest BCUT2D eigenvalue weighted by atomic mass is 32.2. The first kappa shape index (κ1) is 18.5. The van der Waals surface area contributed by atoms with E-state index in [0.717, 1.165) is 10.6 Å². The molecule has 1 aromatic heterocycles. The summed E-state index contributed by atoms with van der Waals surface area (Å²) >= 11 is 3.12. The SMILES string of the molecule is CC(N)CCNC(=O)c1ccc(NC(=O)CSc2cccs2)cc1. The highest BCUT2D eigenvalue weighted by molar-refractivity contribution is 8.01. The second kappa shape index (κ2) is 9.46. The zero-order valence-corrected chi connectivity index (χ0v) is 15.1.